The molecule has 2 unspecified atom stereocenters. The van der Waals surface area contributed by atoms with Crippen molar-refractivity contribution in [1.82, 2.24) is 15.6 Å². The van der Waals surface area contributed by atoms with Crippen LogP contribution in [0.5, 0.6) is 0 Å². The van der Waals surface area contributed by atoms with E-state index in [-0.39, 0.29) is 5.92 Å². The van der Waals surface area contributed by atoms with E-state index in [4.69, 9.17) is 10.8 Å². The molecule has 1 aromatic heterocycles. The van der Waals surface area contributed by atoms with Gasteiger partial charge in [0.25, 0.3) is 0 Å². The summed E-state index contributed by atoms with van der Waals surface area (Å²) in [5, 5.41) is 14.7. The molecular formula is C19H26N4O4. The van der Waals surface area contributed by atoms with E-state index in [1.165, 1.54) is 0 Å². The summed E-state index contributed by atoms with van der Waals surface area (Å²) < 4.78 is 0. The molecule has 6 N–H and O–H groups in total. The number of H-pyrrole nitrogens is 1. The summed E-state index contributed by atoms with van der Waals surface area (Å²) in [7, 11) is 0. The normalized spacial score (nSPS) is 13.3. The maximum Gasteiger partial charge on any atom is 0.322 e. The molecule has 0 saturated carbocycles. The number of carboxylic acid groups (broad SMARTS) is 1. The van der Waals surface area contributed by atoms with Gasteiger partial charge in [-0.05, 0) is 30.4 Å². The van der Waals surface area contributed by atoms with E-state index in [0.29, 0.717) is 12.8 Å². The van der Waals surface area contributed by atoms with Crippen molar-refractivity contribution in [1.29, 1.82) is 0 Å². The third-order valence-corrected chi connectivity index (χ3v) is 4.21. The van der Waals surface area contributed by atoms with Crippen LogP contribution in [0.3, 0.4) is 0 Å². The first kappa shape index (κ1) is 20.4. The van der Waals surface area contributed by atoms with Gasteiger partial charge in [0.05, 0.1) is 6.04 Å². The van der Waals surface area contributed by atoms with Gasteiger partial charge in [0.15, 0.2) is 0 Å². The molecule has 2 amide bonds. The summed E-state index contributed by atoms with van der Waals surface area (Å²) in [6.07, 6.45) is 2.53. The molecule has 0 fully saturated rings. The van der Waals surface area contributed by atoms with Gasteiger partial charge in [-0.25, -0.2) is 0 Å². The second-order valence-electron chi connectivity index (χ2n) is 6.97. The molecule has 1 heterocycles. The predicted molar refractivity (Wildman–Crippen MR) is 102 cm³/mol. The number of hydrogen-bond donors (Lipinski definition) is 5. The Morgan fingerprint density at radius 3 is 2.56 bits per heavy atom. The van der Waals surface area contributed by atoms with E-state index in [2.05, 4.69) is 15.6 Å². The van der Waals surface area contributed by atoms with Crippen molar-refractivity contribution in [2.24, 2.45) is 11.7 Å². The number of carboxylic acids is 1. The van der Waals surface area contributed by atoms with Crippen molar-refractivity contribution < 1.29 is 19.5 Å². The number of benzene rings is 1. The molecule has 8 heteroatoms. The lowest BCUT2D eigenvalue weighted by molar-refractivity contribution is -0.138. The van der Waals surface area contributed by atoms with Gasteiger partial charge in [-0.1, -0.05) is 32.0 Å². The fourth-order valence-electron chi connectivity index (χ4n) is 2.90. The number of rotatable bonds is 9. The zero-order valence-electron chi connectivity index (χ0n) is 15.5. The van der Waals surface area contributed by atoms with E-state index in [1.807, 2.05) is 44.3 Å². The van der Waals surface area contributed by atoms with E-state index in [9.17, 15) is 14.4 Å². The van der Waals surface area contributed by atoms with E-state index in [1.54, 1.807) is 0 Å². The van der Waals surface area contributed by atoms with Crippen LogP contribution in [-0.4, -0.2) is 46.5 Å². The van der Waals surface area contributed by atoms with Crippen LogP contribution in [0.25, 0.3) is 10.9 Å². The van der Waals surface area contributed by atoms with E-state index < -0.39 is 36.4 Å². The van der Waals surface area contributed by atoms with Gasteiger partial charge < -0.3 is 26.5 Å². The van der Waals surface area contributed by atoms with Crippen LogP contribution >= 0.6 is 0 Å². The van der Waals surface area contributed by atoms with Crippen LogP contribution in [0.2, 0.25) is 0 Å². The highest BCUT2D eigenvalue weighted by molar-refractivity contribution is 5.91. The van der Waals surface area contributed by atoms with E-state index >= 15 is 0 Å². The van der Waals surface area contributed by atoms with Crippen molar-refractivity contribution in [3.05, 3.63) is 36.0 Å². The molecule has 0 aliphatic heterocycles. The number of carbonyl (C=O) groups is 3. The van der Waals surface area contributed by atoms with Gasteiger partial charge in [-0.2, -0.15) is 0 Å². The molecule has 0 spiro atoms. The van der Waals surface area contributed by atoms with Crippen molar-refractivity contribution in [3.63, 3.8) is 0 Å². The standard InChI is InChI=1S/C19H26N4O4/c1-11(2)7-16(19(27)22-10-17(24)25)23-18(26)14(20)8-12-9-21-15-6-4-3-5-13(12)15/h3-6,9,11,14,16,21H,7-8,10,20H2,1-2H3,(H,22,27)(H,23,26)(H,24,25). The predicted octanol–water partition coefficient (Wildman–Crippen LogP) is 0.769. The zero-order valence-corrected chi connectivity index (χ0v) is 15.5. The Balaban J connectivity index is 2.02. The number of hydrogen-bond acceptors (Lipinski definition) is 4. The van der Waals surface area contributed by atoms with Crippen molar-refractivity contribution in [3.8, 4) is 0 Å². The molecule has 2 rings (SSSR count). The number of para-hydroxylation sites is 1. The van der Waals surface area contributed by atoms with Crippen molar-refractivity contribution in [2.75, 3.05) is 6.54 Å². The van der Waals surface area contributed by atoms with Crippen LogP contribution in [0, 0.1) is 5.92 Å². The quantitative estimate of drug-likeness (QED) is 0.441. The summed E-state index contributed by atoms with van der Waals surface area (Å²) in [6.45, 7) is 3.33. The van der Waals surface area contributed by atoms with Gasteiger partial charge in [-0.15, -0.1) is 0 Å². The van der Waals surface area contributed by atoms with Crippen LogP contribution in [0.1, 0.15) is 25.8 Å². The highest BCUT2D eigenvalue weighted by Crippen LogP contribution is 2.18. The van der Waals surface area contributed by atoms with Crippen LogP contribution in [0.15, 0.2) is 30.5 Å². The monoisotopic (exact) mass is 374 g/mol. The lowest BCUT2D eigenvalue weighted by Crippen LogP contribution is -2.53. The Hall–Kier alpha value is -2.87. The summed E-state index contributed by atoms with van der Waals surface area (Å²) in [6, 6.07) is 6.07. The minimum atomic E-state index is -1.14. The Morgan fingerprint density at radius 2 is 1.89 bits per heavy atom. The maximum atomic E-state index is 12.5. The number of aromatic amines is 1. The van der Waals surface area contributed by atoms with Crippen molar-refractivity contribution >= 4 is 28.7 Å². The first-order chi connectivity index (χ1) is 12.8. The summed E-state index contributed by atoms with van der Waals surface area (Å²) >= 11 is 0. The maximum absolute atomic E-state index is 12.5. The number of nitrogens with one attached hydrogen (secondary N) is 3. The molecule has 1 aromatic carbocycles. The van der Waals surface area contributed by atoms with Gasteiger partial charge in [0, 0.05) is 17.1 Å². The lowest BCUT2D eigenvalue weighted by atomic mass is 10.0. The summed E-state index contributed by atoms with van der Waals surface area (Å²) in [4.78, 5) is 38.5. The molecule has 0 bridgehead atoms. The minimum Gasteiger partial charge on any atom is -0.480 e. The molecule has 0 saturated heterocycles. The Morgan fingerprint density at radius 1 is 1.19 bits per heavy atom. The Bertz CT molecular complexity index is 815. The molecule has 2 atom stereocenters. The highest BCUT2D eigenvalue weighted by atomic mass is 16.4. The van der Waals surface area contributed by atoms with Crippen molar-refractivity contribution in [2.45, 2.75) is 38.8 Å². The van der Waals surface area contributed by atoms with Crippen LogP contribution in [0.4, 0.5) is 0 Å². The molecule has 146 valence electrons. The first-order valence-corrected chi connectivity index (χ1v) is 8.88. The third kappa shape index (κ3) is 5.82. The van der Waals surface area contributed by atoms with Gasteiger partial charge in [0.1, 0.15) is 12.6 Å². The van der Waals surface area contributed by atoms with Gasteiger partial charge in [-0.3, -0.25) is 14.4 Å². The number of fused-ring (bicyclic) bond motifs is 1. The number of aliphatic carboxylic acids is 1. The van der Waals surface area contributed by atoms with Crippen LogP contribution in [-0.2, 0) is 20.8 Å². The average Bonchev–Trinajstić information content (AvgIpc) is 3.01. The molecule has 2 aromatic rings. The summed E-state index contributed by atoms with van der Waals surface area (Å²) in [5.74, 6) is -1.99. The number of nitrogens with two attached hydrogens (primary N) is 1. The van der Waals surface area contributed by atoms with E-state index in [0.717, 1.165) is 16.5 Å². The zero-order chi connectivity index (χ0) is 20.0. The fraction of sp³-hybridized carbons (Fsp3) is 0.421. The molecule has 27 heavy (non-hydrogen) atoms. The largest absolute Gasteiger partial charge is 0.480 e. The third-order valence-electron chi connectivity index (χ3n) is 4.21. The SMILES string of the molecule is CC(C)CC(NC(=O)C(N)Cc1c[nH]c2ccccc12)C(=O)NCC(=O)O. The second-order valence-corrected chi connectivity index (χ2v) is 6.97. The smallest absolute Gasteiger partial charge is 0.322 e. The molecule has 8 nitrogen and oxygen atoms in total. The molecule has 0 radical (unpaired) electrons. The summed E-state index contributed by atoms with van der Waals surface area (Å²) in [5.41, 5.74) is 7.93. The minimum absolute atomic E-state index is 0.135. The second kappa shape index (κ2) is 9.18. The van der Waals surface area contributed by atoms with Gasteiger partial charge in [0.2, 0.25) is 11.8 Å². The average molecular weight is 374 g/mol. The fourth-order valence-corrected chi connectivity index (χ4v) is 2.90. The molecular weight excluding hydrogens is 348 g/mol. The Labute approximate surface area is 157 Å². The highest BCUT2D eigenvalue weighted by Gasteiger charge is 2.25. The number of aromatic nitrogens is 1. The lowest BCUT2D eigenvalue weighted by Gasteiger charge is -2.21. The van der Waals surface area contributed by atoms with Crippen LogP contribution < -0.4 is 16.4 Å². The Kier molecular flexibility index (Phi) is 6.95. The topological polar surface area (TPSA) is 137 Å². The number of carbonyl (C=O) groups excluding carboxylic acids is 2. The molecule has 0 aliphatic carbocycles. The molecule has 0 aliphatic rings. The van der Waals surface area contributed by atoms with Gasteiger partial charge >= 0.3 is 5.97 Å². The number of amides is 2. The first-order valence-electron chi connectivity index (χ1n) is 8.88.